The smallest absolute Gasteiger partial charge is 0.161 e. The Kier molecular flexibility index (Phi) is 3.16. The molecule has 1 aliphatic heterocycles. The Morgan fingerprint density at radius 1 is 1.19 bits per heavy atom. The lowest BCUT2D eigenvalue weighted by Gasteiger charge is -2.33. The number of rotatable bonds is 1. The van der Waals surface area contributed by atoms with E-state index in [1.807, 2.05) is 11.9 Å². The van der Waals surface area contributed by atoms with E-state index < -0.39 is 17.5 Å². The van der Waals surface area contributed by atoms with Crippen molar-refractivity contribution in [2.75, 3.05) is 26.7 Å². The van der Waals surface area contributed by atoms with Gasteiger partial charge in [0.25, 0.3) is 0 Å². The van der Waals surface area contributed by atoms with Crippen molar-refractivity contribution >= 4 is 0 Å². The standard InChI is InChI=1S/C11H13F3N2/c1-16-3-2-15-6-11(16)7-4-9(13)10(14)5-8(7)12/h4-5,11,15H,2-3,6H2,1H3. The summed E-state index contributed by atoms with van der Waals surface area (Å²) in [5.74, 6) is -2.84. The van der Waals surface area contributed by atoms with Crippen LogP contribution in [0.2, 0.25) is 0 Å². The Balaban J connectivity index is 2.35. The molecule has 88 valence electrons. The van der Waals surface area contributed by atoms with Crippen LogP contribution in [0.1, 0.15) is 11.6 Å². The number of nitrogens with zero attached hydrogens (tertiary/aromatic N) is 1. The molecule has 0 saturated carbocycles. The number of halogens is 3. The van der Waals surface area contributed by atoms with Crippen molar-refractivity contribution in [3.63, 3.8) is 0 Å². The summed E-state index contributed by atoms with van der Waals surface area (Å²) in [6.07, 6.45) is 0. The van der Waals surface area contributed by atoms with Gasteiger partial charge in [0.2, 0.25) is 0 Å². The fourth-order valence-electron chi connectivity index (χ4n) is 1.95. The maximum Gasteiger partial charge on any atom is 0.161 e. The summed E-state index contributed by atoms with van der Waals surface area (Å²) in [7, 11) is 1.84. The van der Waals surface area contributed by atoms with Gasteiger partial charge < -0.3 is 5.32 Å². The van der Waals surface area contributed by atoms with Crippen LogP contribution in [0.3, 0.4) is 0 Å². The van der Waals surface area contributed by atoms with Crippen LogP contribution in [0.5, 0.6) is 0 Å². The molecule has 1 N–H and O–H groups in total. The van der Waals surface area contributed by atoms with Gasteiger partial charge in [-0.2, -0.15) is 0 Å². The Labute approximate surface area is 92.1 Å². The number of piperazine rings is 1. The molecule has 0 aliphatic carbocycles. The first-order valence-electron chi connectivity index (χ1n) is 5.15. The molecule has 0 amide bonds. The summed E-state index contributed by atoms with van der Waals surface area (Å²) < 4.78 is 39.4. The minimum Gasteiger partial charge on any atom is -0.314 e. The van der Waals surface area contributed by atoms with Crippen LogP contribution < -0.4 is 5.32 Å². The third kappa shape index (κ3) is 2.05. The molecule has 1 aliphatic rings. The summed E-state index contributed by atoms with van der Waals surface area (Å²) in [4.78, 5) is 1.92. The van der Waals surface area contributed by atoms with Gasteiger partial charge in [-0.15, -0.1) is 0 Å². The topological polar surface area (TPSA) is 15.3 Å². The summed E-state index contributed by atoms with van der Waals surface area (Å²) in [5.41, 5.74) is 0.202. The molecule has 0 bridgehead atoms. The zero-order valence-electron chi connectivity index (χ0n) is 8.93. The first-order valence-corrected chi connectivity index (χ1v) is 5.15. The van der Waals surface area contributed by atoms with Crippen molar-refractivity contribution in [1.29, 1.82) is 0 Å². The number of hydrogen-bond acceptors (Lipinski definition) is 2. The Morgan fingerprint density at radius 3 is 2.56 bits per heavy atom. The monoisotopic (exact) mass is 230 g/mol. The van der Waals surface area contributed by atoms with Gasteiger partial charge >= 0.3 is 0 Å². The SMILES string of the molecule is CN1CCNCC1c1cc(F)c(F)cc1F. The average molecular weight is 230 g/mol. The molecule has 0 spiro atoms. The number of hydrogen-bond donors (Lipinski definition) is 1. The molecule has 0 aromatic heterocycles. The second-order valence-corrected chi connectivity index (χ2v) is 3.99. The van der Waals surface area contributed by atoms with Crippen LogP contribution >= 0.6 is 0 Å². The van der Waals surface area contributed by atoms with Crippen molar-refractivity contribution in [1.82, 2.24) is 10.2 Å². The van der Waals surface area contributed by atoms with Crippen molar-refractivity contribution in [2.24, 2.45) is 0 Å². The van der Waals surface area contributed by atoms with E-state index in [2.05, 4.69) is 5.32 Å². The van der Waals surface area contributed by atoms with E-state index in [0.29, 0.717) is 12.6 Å². The summed E-state index contributed by atoms with van der Waals surface area (Å²) in [5, 5.41) is 3.10. The fraction of sp³-hybridized carbons (Fsp3) is 0.455. The van der Waals surface area contributed by atoms with Crippen LogP contribution in [0.4, 0.5) is 13.2 Å². The van der Waals surface area contributed by atoms with Crippen LogP contribution in [0.25, 0.3) is 0 Å². The molecule has 1 unspecified atom stereocenters. The van der Waals surface area contributed by atoms with Crippen molar-refractivity contribution in [2.45, 2.75) is 6.04 Å². The van der Waals surface area contributed by atoms with E-state index in [4.69, 9.17) is 0 Å². The highest BCUT2D eigenvalue weighted by atomic mass is 19.2. The molecule has 1 aromatic carbocycles. The zero-order valence-corrected chi connectivity index (χ0v) is 8.93. The molecule has 16 heavy (non-hydrogen) atoms. The van der Waals surface area contributed by atoms with E-state index in [-0.39, 0.29) is 11.6 Å². The van der Waals surface area contributed by atoms with Gasteiger partial charge in [0.15, 0.2) is 11.6 Å². The van der Waals surface area contributed by atoms with Gasteiger partial charge in [0.05, 0.1) is 0 Å². The predicted molar refractivity (Wildman–Crippen MR) is 54.6 cm³/mol. The fourth-order valence-corrected chi connectivity index (χ4v) is 1.95. The number of likely N-dealkylation sites (N-methyl/N-ethyl adjacent to an activating group) is 1. The lowest BCUT2D eigenvalue weighted by molar-refractivity contribution is 0.197. The average Bonchev–Trinajstić information content (AvgIpc) is 2.25. The quantitative estimate of drug-likeness (QED) is 0.738. The van der Waals surface area contributed by atoms with Crippen LogP contribution in [0, 0.1) is 17.5 Å². The largest absolute Gasteiger partial charge is 0.314 e. The molecule has 2 rings (SSSR count). The van der Waals surface area contributed by atoms with Crippen LogP contribution in [-0.2, 0) is 0 Å². The van der Waals surface area contributed by atoms with Gasteiger partial charge in [-0.3, -0.25) is 4.90 Å². The molecule has 0 radical (unpaired) electrons. The van der Waals surface area contributed by atoms with E-state index in [0.717, 1.165) is 19.2 Å². The first kappa shape index (κ1) is 11.4. The number of nitrogens with one attached hydrogen (secondary N) is 1. The second-order valence-electron chi connectivity index (χ2n) is 3.99. The van der Waals surface area contributed by atoms with E-state index in [1.165, 1.54) is 0 Å². The Bertz CT molecular complexity index is 395. The zero-order chi connectivity index (χ0) is 11.7. The molecule has 5 heteroatoms. The summed E-state index contributed by atoms with van der Waals surface area (Å²) in [6, 6.07) is 1.30. The van der Waals surface area contributed by atoms with Crippen molar-refractivity contribution in [3.8, 4) is 0 Å². The van der Waals surface area contributed by atoms with E-state index >= 15 is 0 Å². The predicted octanol–water partition coefficient (Wildman–Crippen LogP) is 1.68. The molecule has 1 saturated heterocycles. The molecule has 1 heterocycles. The third-order valence-electron chi connectivity index (χ3n) is 2.91. The molecule has 1 atom stereocenters. The normalized spacial score (nSPS) is 22.4. The highest BCUT2D eigenvalue weighted by Gasteiger charge is 2.24. The van der Waals surface area contributed by atoms with Crippen molar-refractivity contribution in [3.05, 3.63) is 35.1 Å². The van der Waals surface area contributed by atoms with Crippen molar-refractivity contribution < 1.29 is 13.2 Å². The molecular weight excluding hydrogens is 217 g/mol. The molecular formula is C11H13F3N2. The Morgan fingerprint density at radius 2 is 1.88 bits per heavy atom. The van der Waals surface area contributed by atoms with Gasteiger partial charge in [0.1, 0.15) is 5.82 Å². The lowest BCUT2D eigenvalue weighted by atomic mass is 10.0. The molecule has 1 aromatic rings. The maximum atomic E-state index is 13.5. The third-order valence-corrected chi connectivity index (χ3v) is 2.91. The lowest BCUT2D eigenvalue weighted by Crippen LogP contribution is -2.44. The van der Waals surface area contributed by atoms with E-state index in [9.17, 15) is 13.2 Å². The molecule has 1 fully saturated rings. The minimum absolute atomic E-state index is 0.202. The minimum atomic E-state index is -1.15. The highest BCUT2D eigenvalue weighted by Crippen LogP contribution is 2.25. The van der Waals surface area contributed by atoms with E-state index in [1.54, 1.807) is 0 Å². The first-order chi connectivity index (χ1) is 7.59. The van der Waals surface area contributed by atoms with Gasteiger partial charge in [-0.05, 0) is 13.1 Å². The summed E-state index contributed by atoms with van der Waals surface area (Å²) >= 11 is 0. The molecule has 2 nitrogen and oxygen atoms in total. The van der Waals surface area contributed by atoms with Gasteiger partial charge in [-0.25, -0.2) is 13.2 Å². The highest BCUT2D eigenvalue weighted by molar-refractivity contribution is 5.24. The maximum absolute atomic E-state index is 13.5. The van der Waals surface area contributed by atoms with Gasteiger partial charge in [-0.1, -0.05) is 0 Å². The second kappa shape index (κ2) is 4.43. The van der Waals surface area contributed by atoms with Crippen LogP contribution in [0.15, 0.2) is 12.1 Å². The summed E-state index contributed by atoms with van der Waals surface area (Å²) in [6.45, 7) is 2.11. The van der Waals surface area contributed by atoms with Gasteiger partial charge in [0, 0.05) is 37.3 Å². The number of benzene rings is 1. The Hall–Kier alpha value is -1.07. The van der Waals surface area contributed by atoms with Crippen LogP contribution in [-0.4, -0.2) is 31.6 Å².